The summed E-state index contributed by atoms with van der Waals surface area (Å²) in [6.45, 7) is 6.78. The molecule has 1 fully saturated rings. The third kappa shape index (κ3) is 4.85. The number of carbonyl (C=O) groups excluding carboxylic acids is 2. The minimum atomic E-state index is -0.748. The molecular formula is C30H31NO5. The average molecular weight is 486 g/mol. The highest BCUT2D eigenvalue weighted by Crippen LogP contribution is 2.41. The summed E-state index contributed by atoms with van der Waals surface area (Å²) in [5.41, 5.74) is 3.17. The van der Waals surface area contributed by atoms with Gasteiger partial charge in [-0.3, -0.25) is 9.59 Å². The maximum Gasteiger partial charge on any atom is 0.295 e. The number of likely N-dealkylation sites (tertiary alicyclic amines) is 1. The second-order valence-corrected chi connectivity index (χ2v) is 9.02. The summed E-state index contributed by atoms with van der Waals surface area (Å²) in [7, 11) is 1.57. The Hall–Kier alpha value is -4.06. The fraction of sp³-hybridized carbons (Fsp3) is 0.267. The second-order valence-electron chi connectivity index (χ2n) is 9.02. The van der Waals surface area contributed by atoms with Crippen LogP contribution in [0, 0.1) is 0 Å². The van der Waals surface area contributed by atoms with Gasteiger partial charge in [0.05, 0.1) is 31.9 Å². The van der Waals surface area contributed by atoms with Crippen molar-refractivity contribution in [3.63, 3.8) is 0 Å². The number of nitrogens with zero attached hydrogens (tertiary/aromatic N) is 1. The lowest BCUT2D eigenvalue weighted by Gasteiger charge is -2.26. The van der Waals surface area contributed by atoms with Crippen LogP contribution in [0.25, 0.3) is 5.76 Å². The molecule has 1 atom stereocenters. The summed E-state index contributed by atoms with van der Waals surface area (Å²) in [5.74, 6) is 0.0339. The molecule has 6 nitrogen and oxygen atoms in total. The van der Waals surface area contributed by atoms with Gasteiger partial charge in [-0.1, -0.05) is 56.3 Å². The fourth-order valence-electron chi connectivity index (χ4n) is 4.50. The molecule has 1 amide bonds. The molecule has 1 saturated heterocycles. The molecule has 1 unspecified atom stereocenters. The normalized spacial score (nSPS) is 17.0. The zero-order valence-electron chi connectivity index (χ0n) is 21.0. The third-order valence-electron chi connectivity index (χ3n) is 6.43. The number of ketones is 1. The number of aliphatic hydroxyl groups excluding tert-OH is 1. The number of carbonyl (C=O) groups is 2. The van der Waals surface area contributed by atoms with Crippen molar-refractivity contribution in [2.75, 3.05) is 13.7 Å². The van der Waals surface area contributed by atoms with Crippen molar-refractivity contribution in [2.45, 2.75) is 39.3 Å². The predicted octanol–water partition coefficient (Wildman–Crippen LogP) is 5.84. The van der Waals surface area contributed by atoms with E-state index < -0.39 is 17.7 Å². The second kappa shape index (κ2) is 10.7. The minimum Gasteiger partial charge on any atom is -0.507 e. The fourth-order valence-corrected chi connectivity index (χ4v) is 4.50. The van der Waals surface area contributed by atoms with Crippen molar-refractivity contribution in [2.24, 2.45) is 0 Å². The number of aliphatic hydroxyl groups is 1. The molecule has 1 N–H and O–H groups in total. The van der Waals surface area contributed by atoms with Crippen LogP contribution in [0.3, 0.4) is 0 Å². The molecular weight excluding hydrogens is 454 g/mol. The van der Waals surface area contributed by atoms with Gasteiger partial charge >= 0.3 is 0 Å². The zero-order chi connectivity index (χ0) is 25.8. The molecule has 1 aliphatic rings. The summed E-state index contributed by atoms with van der Waals surface area (Å²) in [6.07, 6.45) is 0. The van der Waals surface area contributed by atoms with E-state index in [4.69, 9.17) is 9.47 Å². The first kappa shape index (κ1) is 25.0. The Morgan fingerprint density at radius 2 is 1.64 bits per heavy atom. The Labute approximate surface area is 211 Å². The van der Waals surface area contributed by atoms with Crippen molar-refractivity contribution >= 4 is 17.4 Å². The Morgan fingerprint density at radius 1 is 0.972 bits per heavy atom. The van der Waals surface area contributed by atoms with E-state index in [-0.39, 0.29) is 17.9 Å². The highest BCUT2D eigenvalue weighted by Gasteiger charge is 2.46. The number of rotatable bonds is 8. The van der Waals surface area contributed by atoms with Gasteiger partial charge in [0.1, 0.15) is 17.3 Å². The largest absolute Gasteiger partial charge is 0.507 e. The first-order chi connectivity index (χ1) is 17.3. The van der Waals surface area contributed by atoms with Gasteiger partial charge in [0, 0.05) is 11.1 Å². The van der Waals surface area contributed by atoms with Crippen molar-refractivity contribution in [1.29, 1.82) is 0 Å². The smallest absolute Gasteiger partial charge is 0.295 e. The van der Waals surface area contributed by atoms with Crippen LogP contribution in [-0.2, 0) is 16.1 Å². The number of amides is 1. The van der Waals surface area contributed by atoms with Gasteiger partial charge in [0.2, 0.25) is 0 Å². The van der Waals surface area contributed by atoms with E-state index in [0.29, 0.717) is 29.6 Å². The van der Waals surface area contributed by atoms with Gasteiger partial charge in [-0.05, 0) is 54.3 Å². The SMILES string of the molecule is CCOc1ccc(/C(O)=C2\C(=O)C(=O)N(Cc3ccccc3OC)C2c2ccc(C(C)C)cc2)cc1. The van der Waals surface area contributed by atoms with Gasteiger partial charge in [0.25, 0.3) is 11.7 Å². The van der Waals surface area contributed by atoms with Crippen molar-refractivity contribution < 1.29 is 24.2 Å². The Morgan fingerprint density at radius 3 is 2.25 bits per heavy atom. The van der Waals surface area contributed by atoms with Gasteiger partial charge in [-0.2, -0.15) is 0 Å². The summed E-state index contributed by atoms with van der Waals surface area (Å²) in [5, 5.41) is 11.3. The lowest BCUT2D eigenvalue weighted by Crippen LogP contribution is -2.29. The monoisotopic (exact) mass is 485 g/mol. The Balaban J connectivity index is 1.83. The van der Waals surface area contributed by atoms with Crippen LogP contribution in [0.2, 0.25) is 0 Å². The number of hydrogen-bond donors (Lipinski definition) is 1. The highest BCUT2D eigenvalue weighted by atomic mass is 16.5. The van der Waals surface area contributed by atoms with Crippen LogP contribution >= 0.6 is 0 Å². The Kier molecular flexibility index (Phi) is 7.44. The van der Waals surface area contributed by atoms with E-state index in [1.54, 1.807) is 31.4 Å². The first-order valence-electron chi connectivity index (χ1n) is 12.1. The van der Waals surface area contributed by atoms with E-state index in [2.05, 4.69) is 13.8 Å². The van der Waals surface area contributed by atoms with E-state index >= 15 is 0 Å². The maximum atomic E-state index is 13.3. The number of ether oxygens (including phenoxy) is 2. The molecule has 4 rings (SSSR count). The first-order valence-corrected chi connectivity index (χ1v) is 12.1. The molecule has 1 aliphatic heterocycles. The predicted molar refractivity (Wildman–Crippen MR) is 139 cm³/mol. The van der Waals surface area contributed by atoms with Crippen LogP contribution in [-0.4, -0.2) is 35.4 Å². The van der Waals surface area contributed by atoms with Crippen LogP contribution < -0.4 is 9.47 Å². The van der Waals surface area contributed by atoms with E-state index in [0.717, 1.165) is 16.7 Å². The number of Topliss-reactive ketones (excluding diaryl/α,β-unsaturated/α-hetero) is 1. The maximum absolute atomic E-state index is 13.3. The van der Waals surface area contributed by atoms with Crippen molar-refractivity contribution in [3.05, 3.63) is 101 Å². The average Bonchev–Trinajstić information content (AvgIpc) is 3.14. The standard InChI is InChI=1S/C30H31NO5/c1-5-36-24-16-14-22(15-17-24)28(32)26-27(21-12-10-20(11-13-21)19(2)3)31(30(34)29(26)33)18-23-8-6-7-9-25(23)35-4/h6-17,19,27,32H,5,18H2,1-4H3/b28-26+. The molecule has 6 heteroatoms. The van der Waals surface area contributed by atoms with Gasteiger partial charge in [0.15, 0.2) is 0 Å². The van der Waals surface area contributed by atoms with Crippen LogP contribution in [0.1, 0.15) is 55.0 Å². The summed E-state index contributed by atoms with van der Waals surface area (Å²) < 4.78 is 11.0. The van der Waals surface area contributed by atoms with Crippen molar-refractivity contribution in [1.82, 2.24) is 4.90 Å². The molecule has 36 heavy (non-hydrogen) atoms. The van der Waals surface area contributed by atoms with Crippen LogP contribution in [0.15, 0.2) is 78.4 Å². The number of hydrogen-bond acceptors (Lipinski definition) is 5. The van der Waals surface area contributed by atoms with Gasteiger partial charge in [-0.15, -0.1) is 0 Å². The lowest BCUT2D eigenvalue weighted by atomic mass is 9.93. The summed E-state index contributed by atoms with van der Waals surface area (Å²) >= 11 is 0. The highest BCUT2D eigenvalue weighted by molar-refractivity contribution is 6.46. The van der Waals surface area contributed by atoms with Crippen LogP contribution in [0.5, 0.6) is 11.5 Å². The molecule has 0 aliphatic carbocycles. The van der Waals surface area contributed by atoms with E-state index in [1.807, 2.05) is 55.5 Å². The van der Waals surface area contributed by atoms with Gasteiger partial charge < -0.3 is 19.5 Å². The number of methoxy groups -OCH3 is 1. The molecule has 0 radical (unpaired) electrons. The zero-order valence-corrected chi connectivity index (χ0v) is 21.0. The molecule has 1 heterocycles. The quantitative estimate of drug-likeness (QED) is 0.246. The van der Waals surface area contributed by atoms with Crippen LogP contribution in [0.4, 0.5) is 0 Å². The molecule has 186 valence electrons. The Bertz CT molecular complexity index is 1280. The molecule has 0 aromatic heterocycles. The van der Waals surface area contributed by atoms with E-state index in [9.17, 15) is 14.7 Å². The summed E-state index contributed by atoms with van der Waals surface area (Å²) in [6, 6.07) is 21.3. The van der Waals surface area contributed by atoms with Gasteiger partial charge in [-0.25, -0.2) is 0 Å². The van der Waals surface area contributed by atoms with Crippen molar-refractivity contribution in [3.8, 4) is 11.5 Å². The number of benzene rings is 3. The third-order valence-corrected chi connectivity index (χ3v) is 6.43. The molecule has 0 spiro atoms. The topological polar surface area (TPSA) is 76.1 Å². The molecule has 0 saturated carbocycles. The molecule has 0 bridgehead atoms. The lowest BCUT2D eigenvalue weighted by molar-refractivity contribution is -0.140. The molecule has 3 aromatic rings. The minimum absolute atomic E-state index is 0.0661. The summed E-state index contributed by atoms with van der Waals surface area (Å²) in [4.78, 5) is 28.2. The number of para-hydroxylation sites is 1. The van der Waals surface area contributed by atoms with E-state index in [1.165, 1.54) is 4.90 Å². The molecule has 3 aromatic carbocycles.